The monoisotopic (exact) mass is 270 g/mol. The van der Waals surface area contributed by atoms with Crippen LogP contribution < -0.4 is 16.2 Å². The van der Waals surface area contributed by atoms with E-state index in [1.165, 1.54) is 12.3 Å². The minimum atomic E-state index is -1.09. The Balaban J connectivity index is 2.92. The molecule has 0 aliphatic heterocycles. The van der Waals surface area contributed by atoms with Gasteiger partial charge in [-0.2, -0.15) is 5.10 Å². The van der Waals surface area contributed by atoms with Crippen LogP contribution in [-0.2, 0) is 4.79 Å². The van der Waals surface area contributed by atoms with Crippen LogP contribution in [0.4, 0.5) is 0 Å². The molecule has 1 rings (SSSR count). The highest BCUT2D eigenvalue weighted by Crippen LogP contribution is 2.21. The van der Waals surface area contributed by atoms with Gasteiger partial charge in [-0.15, -0.1) is 5.10 Å². The number of carboxylic acid groups (broad SMARTS) is 1. The summed E-state index contributed by atoms with van der Waals surface area (Å²) in [5.41, 5.74) is 10.7. The van der Waals surface area contributed by atoms with Crippen molar-refractivity contribution in [2.24, 2.45) is 21.7 Å². The van der Waals surface area contributed by atoms with Crippen molar-refractivity contribution < 1.29 is 14.6 Å². The second-order valence-electron chi connectivity index (χ2n) is 3.13. The third-order valence-corrected chi connectivity index (χ3v) is 1.93. The first-order valence-electron chi connectivity index (χ1n) is 4.75. The van der Waals surface area contributed by atoms with Gasteiger partial charge in [0.25, 0.3) is 0 Å². The fourth-order valence-corrected chi connectivity index (χ4v) is 1.23. The highest BCUT2D eigenvalue weighted by molar-refractivity contribution is 6.30. The van der Waals surface area contributed by atoms with E-state index in [-0.39, 0.29) is 5.96 Å². The molecule has 1 aromatic carbocycles. The van der Waals surface area contributed by atoms with Crippen LogP contribution in [0.2, 0.25) is 5.02 Å². The molecular formula is C10H11ClN4O3. The zero-order valence-corrected chi connectivity index (χ0v) is 9.96. The van der Waals surface area contributed by atoms with Gasteiger partial charge in [0.05, 0.1) is 6.21 Å². The second kappa shape index (κ2) is 6.45. The quantitative estimate of drug-likeness (QED) is 0.406. The lowest BCUT2D eigenvalue weighted by atomic mass is 10.2. The summed E-state index contributed by atoms with van der Waals surface area (Å²) in [4.78, 5) is 10.4. The SMILES string of the molecule is NC(N)=NN=Cc1cc(Cl)ccc1OCC(=O)O. The number of halogens is 1. The smallest absolute Gasteiger partial charge is 0.341 e. The average molecular weight is 271 g/mol. The molecule has 0 heterocycles. The summed E-state index contributed by atoms with van der Waals surface area (Å²) in [7, 11) is 0. The van der Waals surface area contributed by atoms with Crippen molar-refractivity contribution in [3.05, 3.63) is 28.8 Å². The van der Waals surface area contributed by atoms with Crippen LogP contribution in [-0.4, -0.2) is 29.9 Å². The van der Waals surface area contributed by atoms with E-state index in [9.17, 15) is 4.79 Å². The van der Waals surface area contributed by atoms with E-state index in [0.29, 0.717) is 16.3 Å². The molecule has 8 heteroatoms. The fraction of sp³-hybridized carbons (Fsp3) is 0.100. The van der Waals surface area contributed by atoms with E-state index >= 15 is 0 Å². The molecule has 0 saturated carbocycles. The van der Waals surface area contributed by atoms with Crippen molar-refractivity contribution in [3.63, 3.8) is 0 Å². The van der Waals surface area contributed by atoms with Crippen LogP contribution in [0.1, 0.15) is 5.56 Å². The van der Waals surface area contributed by atoms with E-state index in [4.69, 9.17) is 32.9 Å². The van der Waals surface area contributed by atoms with Crippen LogP contribution in [0.3, 0.4) is 0 Å². The van der Waals surface area contributed by atoms with Gasteiger partial charge in [0, 0.05) is 10.6 Å². The molecule has 5 N–H and O–H groups in total. The van der Waals surface area contributed by atoms with Gasteiger partial charge in [-0.3, -0.25) is 0 Å². The molecule has 0 spiro atoms. The van der Waals surface area contributed by atoms with Crippen LogP contribution in [0.25, 0.3) is 0 Å². The summed E-state index contributed by atoms with van der Waals surface area (Å²) < 4.78 is 5.05. The minimum Gasteiger partial charge on any atom is -0.481 e. The number of ether oxygens (including phenoxy) is 1. The van der Waals surface area contributed by atoms with E-state index in [1.54, 1.807) is 12.1 Å². The number of guanidine groups is 1. The Morgan fingerprint density at radius 3 is 2.83 bits per heavy atom. The van der Waals surface area contributed by atoms with Gasteiger partial charge in [0.2, 0.25) is 5.96 Å². The van der Waals surface area contributed by atoms with Gasteiger partial charge in [0.15, 0.2) is 6.61 Å². The normalized spacial score (nSPS) is 10.3. The number of carbonyl (C=O) groups is 1. The van der Waals surface area contributed by atoms with Crippen molar-refractivity contribution in [1.82, 2.24) is 0 Å². The fourth-order valence-electron chi connectivity index (χ4n) is 1.05. The van der Waals surface area contributed by atoms with E-state index < -0.39 is 12.6 Å². The summed E-state index contributed by atoms with van der Waals surface area (Å²) in [6.45, 7) is -0.467. The van der Waals surface area contributed by atoms with Crippen molar-refractivity contribution in [3.8, 4) is 5.75 Å². The van der Waals surface area contributed by atoms with E-state index in [1.807, 2.05) is 0 Å². The molecular weight excluding hydrogens is 260 g/mol. The van der Waals surface area contributed by atoms with Crippen LogP contribution >= 0.6 is 11.6 Å². The number of benzene rings is 1. The van der Waals surface area contributed by atoms with Gasteiger partial charge in [-0.05, 0) is 18.2 Å². The molecule has 0 radical (unpaired) electrons. The molecule has 0 unspecified atom stereocenters. The van der Waals surface area contributed by atoms with Crippen molar-refractivity contribution >= 4 is 29.7 Å². The maximum atomic E-state index is 10.4. The number of hydrogen-bond donors (Lipinski definition) is 3. The number of nitrogens with zero attached hydrogens (tertiary/aromatic N) is 2. The Labute approximate surface area is 108 Å². The Morgan fingerprint density at radius 1 is 1.50 bits per heavy atom. The molecule has 0 atom stereocenters. The average Bonchev–Trinajstić information content (AvgIpc) is 2.27. The molecule has 18 heavy (non-hydrogen) atoms. The lowest BCUT2D eigenvalue weighted by Gasteiger charge is -2.06. The molecule has 96 valence electrons. The van der Waals surface area contributed by atoms with Crippen molar-refractivity contribution in [2.75, 3.05) is 6.61 Å². The van der Waals surface area contributed by atoms with E-state index in [0.717, 1.165) is 0 Å². The Kier molecular flexibility index (Phi) is 4.94. The predicted octanol–water partition coefficient (Wildman–Crippen LogP) is 0.411. The lowest BCUT2D eigenvalue weighted by molar-refractivity contribution is -0.139. The minimum absolute atomic E-state index is 0.193. The predicted molar refractivity (Wildman–Crippen MR) is 68.0 cm³/mol. The maximum absolute atomic E-state index is 10.4. The Morgan fingerprint density at radius 2 is 2.22 bits per heavy atom. The number of nitrogens with two attached hydrogens (primary N) is 2. The third-order valence-electron chi connectivity index (χ3n) is 1.69. The van der Waals surface area contributed by atoms with E-state index in [2.05, 4.69) is 10.2 Å². The summed E-state index contributed by atoms with van der Waals surface area (Å²) >= 11 is 5.80. The van der Waals surface area contributed by atoms with Crippen LogP contribution in [0.15, 0.2) is 28.4 Å². The zero-order valence-electron chi connectivity index (χ0n) is 9.21. The molecule has 1 aromatic rings. The number of rotatable bonds is 5. The maximum Gasteiger partial charge on any atom is 0.341 e. The highest BCUT2D eigenvalue weighted by Gasteiger charge is 2.05. The van der Waals surface area contributed by atoms with Crippen LogP contribution in [0, 0.1) is 0 Å². The topological polar surface area (TPSA) is 123 Å². The molecule has 0 aliphatic rings. The standard InChI is InChI=1S/C10H11ClN4O3/c11-7-1-2-8(18-5-9(16)17)6(3-7)4-14-15-10(12)13/h1-4H,5H2,(H,16,17)(H4,12,13,15). The van der Waals surface area contributed by atoms with Crippen LogP contribution in [0.5, 0.6) is 5.75 Å². The molecule has 0 aliphatic carbocycles. The number of aliphatic carboxylic acids is 1. The number of hydrogen-bond acceptors (Lipinski definition) is 4. The first kappa shape index (κ1) is 13.8. The van der Waals surface area contributed by atoms with Crippen molar-refractivity contribution in [1.29, 1.82) is 0 Å². The summed E-state index contributed by atoms with van der Waals surface area (Å²) in [6, 6.07) is 4.64. The van der Waals surface area contributed by atoms with Gasteiger partial charge in [-0.25, -0.2) is 4.79 Å². The van der Waals surface area contributed by atoms with Gasteiger partial charge < -0.3 is 21.3 Å². The first-order chi connectivity index (χ1) is 8.49. The Bertz CT molecular complexity index is 498. The van der Waals surface area contributed by atoms with Gasteiger partial charge >= 0.3 is 5.97 Å². The molecule has 0 saturated heterocycles. The van der Waals surface area contributed by atoms with Gasteiger partial charge in [-0.1, -0.05) is 11.6 Å². The highest BCUT2D eigenvalue weighted by atomic mass is 35.5. The summed E-state index contributed by atoms with van der Waals surface area (Å²) in [5.74, 6) is -0.963. The molecule has 0 aromatic heterocycles. The second-order valence-corrected chi connectivity index (χ2v) is 3.57. The number of carboxylic acids is 1. The Hall–Kier alpha value is -2.28. The summed E-state index contributed by atoms with van der Waals surface area (Å²) in [6.07, 6.45) is 1.31. The molecule has 7 nitrogen and oxygen atoms in total. The first-order valence-corrected chi connectivity index (χ1v) is 5.13. The van der Waals surface area contributed by atoms with Gasteiger partial charge in [0.1, 0.15) is 5.75 Å². The molecule has 0 bridgehead atoms. The zero-order chi connectivity index (χ0) is 13.5. The molecule has 0 fully saturated rings. The van der Waals surface area contributed by atoms with Crippen molar-refractivity contribution in [2.45, 2.75) is 0 Å². The largest absolute Gasteiger partial charge is 0.481 e. The lowest BCUT2D eigenvalue weighted by Crippen LogP contribution is -2.21. The third kappa shape index (κ3) is 4.71. The molecule has 0 amide bonds. The summed E-state index contributed by atoms with van der Waals surface area (Å²) in [5, 5.41) is 16.0.